The van der Waals surface area contributed by atoms with Gasteiger partial charge in [0, 0.05) is 45.8 Å². The van der Waals surface area contributed by atoms with Crippen molar-refractivity contribution < 1.29 is 9.90 Å². The van der Waals surface area contributed by atoms with Crippen molar-refractivity contribution in [3.05, 3.63) is 35.4 Å². The highest BCUT2D eigenvalue weighted by molar-refractivity contribution is 14.0. The number of benzene rings is 1. The minimum Gasteiger partial charge on any atom is -0.396 e. The molecule has 3 rings (SSSR count). The molecule has 0 unspecified atom stereocenters. The zero-order valence-corrected chi connectivity index (χ0v) is 21.9. The van der Waals surface area contributed by atoms with Crippen molar-refractivity contribution in [3.63, 3.8) is 0 Å². The summed E-state index contributed by atoms with van der Waals surface area (Å²) in [6.07, 6.45) is 9.23. The maximum atomic E-state index is 12.7. The van der Waals surface area contributed by atoms with Crippen LogP contribution in [0.4, 0.5) is 0 Å². The van der Waals surface area contributed by atoms with Gasteiger partial charge in [0.2, 0.25) is 5.91 Å². The van der Waals surface area contributed by atoms with Gasteiger partial charge >= 0.3 is 0 Å². The van der Waals surface area contributed by atoms with Crippen LogP contribution in [-0.4, -0.2) is 54.7 Å². The fraction of sp³-hybridized carbons (Fsp3) is 0.680. The summed E-state index contributed by atoms with van der Waals surface area (Å²) in [5.41, 5.74) is 2.80. The molecule has 1 aliphatic carbocycles. The number of nitrogens with one attached hydrogen (secondary N) is 2. The van der Waals surface area contributed by atoms with E-state index in [1.807, 2.05) is 4.90 Å². The molecule has 0 aromatic heterocycles. The van der Waals surface area contributed by atoms with E-state index in [9.17, 15) is 9.90 Å². The lowest BCUT2D eigenvalue weighted by Gasteiger charge is -2.35. The first-order valence-electron chi connectivity index (χ1n) is 12.1. The summed E-state index contributed by atoms with van der Waals surface area (Å²) in [6, 6.07) is 8.42. The Bertz CT molecular complexity index is 729. The SMILES string of the molecule is CCNC(=NCC1(CCO)CCCCC1)NCCCC(=O)N1CCc2ccccc2C1.I. The number of hydrogen-bond donors (Lipinski definition) is 3. The lowest BCUT2D eigenvalue weighted by Crippen LogP contribution is -2.40. The Labute approximate surface area is 210 Å². The van der Waals surface area contributed by atoms with Gasteiger partial charge in [-0.2, -0.15) is 0 Å². The van der Waals surface area contributed by atoms with Crippen molar-refractivity contribution >= 4 is 35.8 Å². The molecule has 0 saturated heterocycles. The summed E-state index contributed by atoms with van der Waals surface area (Å²) in [5, 5.41) is 16.2. The molecule has 180 valence electrons. The van der Waals surface area contributed by atoms with Crippen LogP contribution in [-0.2, 0) is 17.8 Å². The van der Waals surface area contributed by atoms with E-state index in [1.54, 1.807) is 0 Å². The lowest BCUT2D eigenvalue weighted by atomic mass is 9.72. The maximum Gasteiger partial charge on any atom is 0.222 e. The highest BCUT2D eigenvalue weighted by atomic mass is 127. The van der Waals surface area contributed by atoms with Gasteiger partial charge in [-0.25, -0.2) is 0 Å². The minimum atomic E-state index is 0. The van der Waals surface area contributed by atoms with Crippen molar-refractivity contribution in [1.82, 2.24) is 15.5 Å². The average Bonchev–Trinajstić information content (AvgIpc) is 2.80. The van der Waals surface area contributed by atoms with Crippen LogP contribution in [0, 0.1) is 5.41 Å². The van der Waals surface area contributed by atoms with Gasteiger partial charge in [0.1, 0.15) is 0 Å². The molecule has 1 aromatic rings. The number of nitrogens with zero attached hydrogens (tertiary/aromatic N) is 2. The van der Waals surface area contributed by atoms with Crippen LogP contribution in [0.1, 0.15) is 69.4 Å². The highest BCUT2D eigenvalue weighted by Gasteiger charge is 2.31. The summed E-state index contributed by atoms with van der Waals surface area (Å²) < 4.78 is 0. The topological polar surface area (TPSA) is 77.0 Å². The number of aliphatic hydroxyl groups excluding tert-OH is 1. The molecule has 0 spiro atoms. The second kappa shape index (κ2) is 14.0. The van der Waals surface area contributed by atoms with E-state index in [1.165, 1.54) is 30.4 Å². The Morgan fingerprint density at radius 3 is 2.62 bits per heavy atom. The second-order valence-electron chi connectivity index (χ2n) is 9.09. The summed E-state index contributed by atoms with van der Waals surface area (Å²) in [7, 11) is 0. The van der Waals surface area contributed by atoms with Gasteiger partial charge in [-0.3, -0.25) is 9.79 Å². The van der Waals surface area contributed by atoms with Gasteiger partial charge in [0.25, 0.3) is 0 Å². The van der Waals surface area contributed by atoms with Gasteiger partial charge in [-0.05, 0) is 55.6 Å². The van der Waals surface area contributed by atoms with Crippen LogP contribution in [0.15, 0.2) is 29.3 Å². The molecule has 6 nitrogen and oxygen atoms in total. The molecule has 1 aromatic carbocycles. The van der Waals surface area contributed by atoms with E-state index in [2.05, 4.69) is 41.8 Å². The van der Waals surface area contributed by atoms with Crippen LogP contribution >= 0.6 is 24.0 Å². The third-order valence-electron chi connectivity index (χ3n) is 6.82. The van der Waals surface area contributed by atoms with Crippen molar-refractivity contribution in [3.8, 4) is 0 Å². The summed E-state index contributed by atoms with van der Waals surface area (Å²) in [6.45, 7) is 6.16. The first-order valence-corrected chi connectivity index (χ1v) is 12.1. The van der Waals surface area contributed by atoms with Gasteiger partial charge in [0.05, 0.1) is 0 Å². The molecule has 1 amide bonds. The quantitative estimate of drug-likeness (QED) is 0.187. The smallest absolute Gasteiger partial charge is 0.222 e. The number of halogens is 1. The van der Waals surface area contributed by atoms with Crippen LogP contribution in [0.3, 0.4) is 0 Å². The molecule has 2 aliphatic rings. The molecule has 1 heterocycles. The van der Waals surface area contributed by atoms with E-state index in [0.717, 1.165) is 70.8 Å². The zero-order chi connectivity index (χ0) is 21.9. The normalized spacial score (nSPS) is 17.8. The summed E-state index contributed by atoms with van der Waals surface area (Å²) >= 11 is 0. The monoisotopic (exact) mass is 556 g/mol. The number of carbonyl (C=O) groups excluding carboxylic acids is 1. The Morgan fingerprint density at radius 2 is 1.91 bits per heavy atom. The van der Waals surface area contributed by atoms with Gasteiger partial charge in [-0.15, -0.1) is 24.0 Å². The molecule has 0 radical (unpaired) electrons. The molecular formula is C25H41IN4O2. The third-order valence-corrected chi connectivity index (χ3v) is 6.82. The number of aliphatic hydroxyl groups is 1. The van der Waals surface area contributed by atoms with Crippen molar-refractivity contribution in [1.29, 1.82) is 0 Å². The number of fused-ring (bicyclic) bond motifs is 1. The summed E-state index contributed by atoms with van der Waals surface area (Å²) in [4.78, 5) is 19.5. The Hall–Kier alpha value is -1.35. The van der Waals surface area contributed by atoms with E-state index in [-0.39, 0.29) is 41.9 Å². The number of hydrogen-bond acceptors (Lipinski definition) is 3. The van der Waals surface area contributed by atoms with E-state index >= 15 is 0 Å². The molecule has 0 atom stereocenters. The Kier molecular flexibility index (Phi) is 11.8. The molecule has 32 heavy (non-hydrogen) atoms. The van der Waals surface area contributed by atoms with Gasteiger partial charge in [-0.1, -0.05) is 43.5 Å². The largest absolute Gasteiger partial charge is 0.396 e. The van der Waals surface area contributed by atoms with Crippen molar-refractivity contribution in [2.75, 3.05) is 32.8 Å². The van der Waals surface area contributed by atoms with Gasteiger partial charge in [0.15, 0.2) is 5.96 Å². The maximum absolute atomic E-state index is 12.7. The first kappa shape index (κ1) is 26.9. The predicted octanol–water partition coefficient (Wildman–Crippen LogP) is 3.86. The standard InChI is InChI=1S/C25H40N4O2.HI/c1-2-26-24(28-20-25(15-18-30)13-6-3-7-14-25)27-16-8-11-23(31)29-17-12-21-9-4-5-10-22(21)19-29;/h4-5,9-10,30H,2-3,6-8,11-20H2,1H3,(H2,26,27,28);1H. The fourth-order valence-corrected chi connectivity index (χ4v) is 4.93. The van der Waals surface area contributed by atoms with Crippen LogP contribution < -0.4 is 10.6 Å². The minimum absolute atomic E-state index is 0. The van der Waals surface area contributed by atoms with Crippen molar-refractivity contribution in [2.45, 2.75) is 71.3 Å². The van der Waals surface area contributed by atoms with Crippen molar-refractivity contribution in [2.24, 2.45) is 10.4 Å². The average molecular weight is 557 g/mol. The number of carbonyl (C=O) groups is 1. The fourth-order valence-electron chi connectivity index (χ4n) is 4.93. The number of aliphatic imine (C=N–C) groups is 1. The molecular weight excluding hydrogens is 515 g/mol. The number of amides is 1. The summed E-state index contributed by atoms with van der Waals surface area (Å²) in [5.74, 6) is 1.06. The molecule has 7 heteroatoms. The zero-order valence-electron chi connectivity index (χ0n) is 19.6. The van der Waals surface area contributed by atoms with Gasteiger partial charge < -0.3 is 20.6 Å². The molecule has 1 aliphatic heterocycles. The second-order valence-corrected chi connectivity index (χ2v) is 9.09. The predicted molar refractivity (Wildman–Crippen MR) is 141 cm³/mol. The molecule has 3 N–H and O–H groups in total. The molecule has 1 saturated carbocycles. The van der Waals surface area contributed by atoms with E-state index in [0.29, 0.717) is 6.42 Å². The number of guanidine groups is 1. The highest BCUT2D eigenvalue weighted by Crippen LogP contribution is 2.39. The Morgan fingerprint density at radius 1 is 1.16 bits per heavy atom. The molecule has 0 bridgehead atoms. The third kappa shape index (κ3) is 7.90. The van der Waals surface area contributed by atoms with Crippen LogP contribution in [0.2, 0.25) is 0 Å². The lowest BCUT2D eigenvalue weighted by molar-refractivity contribution is -0.132. The van der Waals surface area contributed by atoms with Crippen LogP contribution in [0.25, 0.3) is 0 Å². The Balaban J connectivity index is 0.00000363. The molecule has 1 fully saturated rings. The van der Waals surface area contributed by atoms with E-state index < -0.39 is 0 Å². The first-order chi connectivity index (χ1) is 15.2. The van der Waals surface area contributed by atoms with E-state index in [4.69, 9.17) is 4.99 Å². The number of rotatable bonds is 9. The van der Waals surface area contributed by atoms with Crippen LogP contribution in [0.5, 0.6) is 0 Å².